The first-order valence-electron chi connectivity index (χ1n) is 16.2. The van der Waals surface area contributed by atoms with Crippen molar-refractivity contribution in [3.8, 4) is 11.5 Å². The van der Waals surface area contributed by atoms with Gasteiger partial charge in [0.2, 0.25) is 0 Å². The number of ether oxygens (including phenoxy) is 2. The van der Waals surface area contributed by atoms with E-state index in [0.29, 0.717) is 18.2 Å². The minimum absolute atomic E-state index is 0.0676. The third-order valence-electron chi connectivity index (χ3n) is 9.30. The fourth-order valence-corrected chi connectivity index (χ4v) is 7.61. The molecule has 12 nitrogen and oxygen atoms in total. The van der Waals surface area contributed by atoms with Crippen molar-refractivity contribution in [2.45, 2.75) is 77.6 Å². The third-order valence-corrected chi connectivity index (χ3v) is 10.9. The average molecular weight is 662 g/mol. The van der Waals surface area contributed by atoms with Crippen LogP contribution in [0.4, 0.5) is 10.2 Å². The maximum atomic E-state index is 14.3. The fraction of sp³-hybridized carbons (Fsp3) is 0.656. The zero-order chi connectivity index (χ0) is 33.2. The Morgan fingerprint density at radius 3 is 2.43 bits per heavy atom. The van der Waals surface area contributed by atoms with Gasteiger partial charge in [0.25, 0.3) is 16.1 Å². The highest BCUT2D eigenvalue weighted by atomic mass is 32.2. The molecule has 4 heterocycles. The molecular formula is C32H48FN7O5S. The largest absolute Gasteiger partial charge is 0.451 e. The number of carbonyl (C=O) groups is 1. The molecule has 3 aliphatic heterocycles. The van der Waals surface area contributed by atoms with Crippen LogP contribution in [-0.2, 0) is 14.9 Å². The Bertz CT molecular complexity index is 1460. The summed E-state index contributed by atoms with van der Waals surface area (Å²) in [6.07, 6.45) is 6.88. The van der Waals surface area contributed by atoms with Crippen LogP contribution >= 0.6 is 0 Å². The first kappa shape index (κ1) is 34.4. The average Bonchev–Trinajstić information content (AvgIpc) is 2.98. The standard InChI is InChI=1S/C32H48FN7O5S/c1-22(2)40(23(3)4)31(41)27-15-24(33)7-10-28(27)45-29-16-34-21-35-30(29)39-19-32(20-39)11-13-38(14-12-32)17-26-9-8-25(18-44-26)36-46(42,43)37(5)6/h7,10,15-16,21-23,25-26,36H,8-9,11-14,17-20H2,1-6H3/t25-,26+/m1/s1. The number of carbonyl (C=O) groups excluding carboxylic acids is 1. The van der Waals surface area contributed by atoms with Crippen molar-refractivity contribution in [1.82, 2.24) is 28.8 Å². The lowest BCUT2D eigenvalue weighted by Crippen LogP contribution is -2.61. The second-order valence-electron chi connectivity index (χ2n) is 13.6. The van der Waals surface area contributed by atoms with E-state index in [-0.39, 0.29) is 46.9 Å². The lowest BCUT2D eigenvalue weighted by atomic mass is 9.72. The van der Waals surface area contributed by atoms with Gasteiger partial charge in [-0.05, 0) is 84.7 Å². The predicted molar refractivity (Wildman–Crippen MR) is 174 cm³/mol. The van der Waals surface area contributed by atoms with Crippen molar-refractivity contribution in [2.75, 3.05) is 58.3 Å². The lowest BCUT2D eigenvalue weighted by Gasteiger charge is -2.54. The zero-order valence-electron chi connectivity index (χ0n) is 27.8. The van der Waals surface area contributed by atoms with E-state index in [2.05, 4.69) is 24.5 Å². The quantitative estimate of drug-likeness (QED) is 0.386. The number of nitrogens with zero attached hydrogens (tertiary/aromatic N) is 6. The van der Waals surface area contributed by atoms with Gasteiger partial charge in [0.1, 0.15) is 17.9 Å². The molecule has 254 valence electrons. The number of rotatable bonds is 11. The Kier molecular flexibility index (Phi) is 10.5. The topological polar surface area (TPSA) is 120 Å². The van der Waals surface area contributed by atoms with Crippen LogP contribution in [-0.4, -0.2) is 116 Å². The van der Waals surface area contributed by atoms with Gasteiger partial charge in [-0.3, -0.25) is 4.79 Å². The van der Waals surface area contributed by atoms with Crippen molar-refractivity contribution in [3.05, 3.63) is 42.1 Å². The van der Waals surface area contributed by atoms with Crippen LogP contribution in [0.3, 0.4) is 0 Å². The highest BCUT2D eigenvalue weighted by Crippen LogP contribution is 2.45. The van der Waals surface area contributed by atoms with Crippen LogP contribution in [0.15, 0.2) is 30.7 Å². The number of hydrogen-bond acceptors (Lipinski definition) is 9. The molecule has 5 rings (SSSR count). The lowest BCUT2D eigenvalue weighted by molar-refractivity contribution is -0.0300. The van der Waals surface area contributed by atoms with Crippen LogP contribution in [0.5, 0.6) is 11.5 Å². The summed E-state index contributed by atoms with van der Waals surface area (Å²) in [4.78, 5) is 28.6. The maximum absolute atomic E-state index is 14.3. The summed E-state index contributed by atoms with van der Waals surface area (Å²) in [7, 11) is -0.437. The number of hydrogen-bond donors (Lipinski definition) is 1. The van der Waals surface area contributed by atoms with Crippen LogP contribution < -0.4 is 14.4 Å². The molecule has 1 aromatic carbocycles. The molecule has 0 radical (unpaired) electrons. The van der Waals surface area contributed by atoms with E-state index in [1.807, 2.05) is 27.7 Å². The third kappa shape index (κ3) is 7.79. The smallest absolute Gasteiger partial charge is 0.279 e. The van der Waals surface area contributed by atoms with Crippen molar-refractivity contribution < 1.29 is 27.1 Å². The van der Waals surface area contributed by atoms with E-state index < -0.39 is 16.0 Å². The molecule has 0 saturated carbocycles. The molecule has 14 heteroatoms. The van der Waals surface area contributed by atoms with Gasteiger partial charge in [-0.25, -0.2) is 14.4 Å². The molecule has 2 atom stereocenters. The van der Waals surface area contributed by atoms with E-state index in [4.69, 9.17) is 9.47 Å². The minimum Gasteiger partial charge on any atom is -0.451 e. The van der Waals surface area contributed by atoms with E-state index in [1.165, 1.54) is 42.9 Å². The molecule has 1 aromatic heterocycles. The summed E-state index contributed by atoms with van der Waals surface area (Å²) in [6.45, 7) is 12.6. The molecule has 46 heavy (non-hydrogen) atoms. The maximum Gasteiger partial charge on any atom is 0.279 e. The highest BCUT2D eigenvalue weighted by Gasteiger charge is 2.46. The summed E-state index contributed by atoms with van der Waals surface area (Å²) < 4.78 is 54.8. The predicted octanol–water partition coefficient (Wildman–Crippen LogP) is 3.51. The van der Waals surface area contributed by atoms with Crippen molar-refractivity contribution in [2.24, 2.45) is 5.41 Å². The number of aromatic nitrogens is 2. The molecule has 2 aromatic rings. The van der Waals surface area contributed by atoms with E-state index >= 15 is 0 Å². The SMILES string of the molecule is CC(C)N(C(=O)c1cc(F)ccc1Oc1cncnc1N1CC2(CCN(C[C@@H]3CC[C@@H](NS(=O)(=O)N(C)C)CO3)CC2)C1)C(C)C. The summed E-state index contributed by atoms with van der Waals surface area (Å²) in [5.74, 6) is 0.557. The van der Waals surface area contributed by atoms with Crippen LogP contribution in [0.1, 0.15) is 63.7 Å². The van der Waals surface area contributed by atoms with Gasteiger partial charge in [-0.2, -0.15) is 17.4 Å². The summed E-state index contributed by atoms with van der Waals surface area (Å²) >= 11 is 0. The normalized spacial score (nSPS) is 22.0. The first-order valence-corrected chi connectivity index (χ1v) is 17.6. The van der Waals surface area contributed by atoms with E-state index in [9.17, 15) is 17.6 Å². The summed E-state index contributed by atoms with van der Waals surface area (Å²) in [5.41, 5.74) is 0.352. The Morgan fingerprint density at radius 2 is 1.83 bits per heavy atom. The van der Waals surface area contributed by atoms with Gasteiger partial charge in [0, 0.05) is 57.3 Å². The van der Waals surface area contributed by atoms with Gasteiger partial charge in [0.05, 0.1) is 24.5 Å². The molecule has 3 fully saturated rings. The Hall–Kier alpha value is -2.91. The molecule has 1 N–H and O–H groups in total. The number of nitrogens with one attached hydrogen (secondary N) is 1. The number of halogens is 1. The van der Waals surface area contributed by atoms with Gasteiger partial charge in [-0.1, -0.05) is 0 Å². The number of benzene rings is 1. The Balaban J connectivity index is 1.16. The van der Waals surface area contributed by atoms with Crippen molar-refractivity contribution in [3.63, 3.8) is 0 Å². The highest BCUT2D eigenvalue weighted by molar-refractivity contribution is 7.87. The van der Waals surface area contributed by atoms with Gasteiger partial charge >= 0.3 is 0 Å². The number of piperidine rings is 1. The van der Waals surface area contributed by atoms with Gasteiger partial charge < -0.3 is 24.2 Å². The summed E-state index contributed by atoms with van der Waals surface area (Å²) in [5, 5.41) is 0. The van der Waals surface area contributed by atoms with E-state index in [1.54, 1.807) is 11.1 Å². The number of anilines is 1. The summed E-state index contributed by atoms with van der Waals surface area (Å²) in [6, 6.07) is 3.68. The second-order valence-corrected chi connectivity index (χ2v) is 15.6. The molecule has 1 spiro atoms. The molecule has 3 aliphatic rings. The number of likely N-dealkylation sites (tertiary alicyclic amines) is 1. The molecule has 0 bridgehead atoms. The van der Waals surface area contributed by atoms with Crippen LogP contribution in [0, 0.1) is 11.2 Å². The Morgan fingerprint density at radius 1 is 1.13 bits per heavy atom. The molecular weight excluding hydrogens is 613 g/mol. The van der Waals surface area contributed by atoms with Crippen LogP contribution in [0.2, 0.25) is 0 Å². The first-order chi connectivity index (χ1) is 21.8. The van der Waals surface area contributed by atoms with E-state index in [0.717, 1.165) is 58.4 Å². The van der Waals surface area contributed by atoms with Gasteiger partial charge in [-0.15, -0.1) is 0 Å². The fourth-order valence-electron chi connectivity index (χ4n) is 6.79. The number of amides is 1. The van der Waals surface area contributed by atoms with Crippen LogP contribution in [0.25, 0.3) is 0 Å². The van der Waals surface area contributed by atoms with Crippen molar-refractivity contribution >= 4 is 21.9 Å². The monoisotopic (exact) mass is 661 g/mol. The Labute approximate surface area is 272 Å². The molecule has 3 saturated heterocycles. The second kappa shape index (κ2) is 14.1. The van der Waals surface area contributed by atoms with Crippen molar-refractivity contribution in [1.29, 1.82) is 0 Å². The molecule has 0 aliphatic carbocycles. The molecule has 1 amide bonds. The minimum atomic E-state index is -3.47. The zero-order valence-corrected chi connectivity index (χ0v) is 28.6. The molecule has 0 unspecified atom stereocenters. The van der Waals surface area contributed by atoms with Gasteiger partial charge in [0.15, 0.2) is 11.6 Å².